The van der Waals surface area contributed by atoms with Gasteiger partial charge in [0, 0.05) is 36.9 Å². The summed E-state index contributed by atoms with van der Waals surface area (Å²) in [6.45, 7) is 0.430. The Morgan fingerprint density at radius 2 is 1.68 bits per heavy atom. The summed E-state index contributed by atoms with van der Waals surface area (Å²) in [5.74, 6) is 0.602. The van der Waals surface area contributed by atoms with Crippen molar-refractivity contribution in [2.45, 2.75) is 43.2 Å². The Hall–Kier alpha value is -4.28. The standard InChI is InChI=1S/C35H34N4O4S/c1-39-23-37-38-35(39)44-22-31-19-32(26-15-13-24(21-40)14-16-26)43-34(42-31)30-12-6-11-29(18-30)28-10-5-7-25(17-28)20-36-33(41)27-8-3-2-4-9-27/h2-18,23,31-32,34,40H,19-22H2,1H3,(H,36,41). The number of carbonyl (C=O) groups excluding carboxylic acids is 1. The number of amides is 1. The highest BCUT2D eigenvalue weighted by molar-refractivity contribution is 7.99. The zero-order valence-corrected chi connectivity index (χ0v) is 25.2. The van der Waals surface area contributed by atoms with Crippen molar-refractivity contribution >= 4 is 17.7 Å². The third-order valence-electron chi connectivity index (χ3n) is 7.59. The summed E-state index contributed by atoms with van der Waals surface area (Å²) < 4.78 is 15.0. The molecule has 4 aromatic carbocycles. The quantitative estimate of drug-likeness (QED) is 0.182. The molecule has 1 fully saturated rings. The minimum Gasteiger partial charge on any atom is -0.392 e. The lowest BCUT2D eigenvalue weighted by atomic mass is 9.99. The van der Waals surface area contributed by atoms with Gasteiger partial charge in [0.25, 0.3) is 5.91 Å². The van der Waals surface area contributed by atoms with Gasteiger partial charge in [-0.05, 0) is 52.1 Å². The van der Waals surface area contributed by atoms with Gasteiger partial charge in [0.15, 0.2) is 11.4 Å². The van der Waals surface area contributed by atoms with Crippen LogP contribution in [0.4, 0.5) is 0 Å². The molecule has 1 aliphatic heterocycles. The molecule has 0 spiro atoms. The van der Waals surface area contributed by atoms with Crippen LogP contribution in [0.2, 0.25) is 0 Å². The minimum absolute atomic E-state index is 0.00188. The third kappa shape index (κ3) is 7.26. The van der Waals surface area contributed by atoms with Gasteiger partial charge in [0.2, 0.25) is 0 Å². The molecule has 44 heavy (non-hydrogen) atoms. The number of hydrogen-bond acceptors (Lipinski definition) is 7. The number of nitrogens with zero attached hydrogens (tertiary/aromatic N) is 3. The number of aromatic nitrogens is 3. The Balaban J connectivity index is 1.20. The molecule has 1 aromatic heterocycles. The van der Waals surface area contributed by atoms with Crippen LogP contribution >= 0.6 is 11.8 Å². The molecular weight excluding hydrogens is 572 g/mol. The number of hydrogen-bond donors (Lipinski definition) is 2. The first-order valence-electron chi connectivity index (χ1n) is 14.6. The van der Waals surface area contributed by atoms with Crippen LogP contribution in [0.15, 0.2) is 115 Å². The van der Waals surface area contributed by atoms with Crippen molar-refractivity contribution in [2.24, 2.45) is 7.05 Å². The SMILES string of the molecule is Cn1cnnc1SCC1CC(c2ccc(CO)cc2)OC(c2cccc(-c3cccc(CNC(=O)c4ccccc4)c3)c2)O1. The molecule has 2 heterocycles. The maximum absolute atomic E-state index is 12.6. The molecule has 1 saturated heterocycles. The van der Waals surface area contributed by atoms with E-state index in [2.05, 4.69) is 39.8 Å². The van der Waals surface area contributed by atoms with Gasteiger partial charge in [-0.2, -0.15) is 0 Å². The number of ether oxygens (including phenoxy) is 2. The zero-order valence-electron chi connectivity index (χ0n) is 24.4. The van der Waals surface area contributed by atoms with Crippen LogP contribution < -0.4 is 5.32 Å². The summed E-state index contributed by atoms with van der Waals surface area (Å²) in [5.41, 5.74) is 6.56. The van der Waals surface area contributed by atoms with Gasteiger partial charge in [-0.3, -0.25) is 4.79 Å². The Morgan fingerprint density at radius 1 is 0.909 bits per heavy atom. The third-order valence-corrected chi connectivity index (χ3v) is 8.76. The molecule has 5 aromatic rings. The van der Waals surface area contributed by atoms with E-state index >= 15 is 0 Å². The average molecular weight is 607 g/mol. The fraction of sp³-hybridized carbons (Fsp3) is 0.229. The van der Waals surface area contributed by atoms with Crippen LogP contribution in [0.25, 0.3) is 11.1 Å². The Kier molecular flexibility index (Phi) is 9.48. The van der Waals surface area contributed by atoms with E-state index < -0.39 is 6.29 Å². The lowest BCUT2D eigenvalue weighted by molar-refractivity contribution is -0.245. The molecular formula is C35H34N4O4S. The van der Waals surface area contributed by atoms with Gasteiger partial charge in [0.1, 0.15) is 6.33 Å². The van der Waals surface area contributed by atoms with E-state index in [0.29, 0.717) is 24.3 Å². The Morgan fingerprint density at radius 3 is 2.43 bits per heavy atom. The smallest absolute Gasteiger partial charge is 0.251 e. The molecule has 0 aliphatic carbocycles. The molecule has 2 N–H and O–H groups in total. The van der Waals surface area contributed by atoms with E-state index in [4.69, 9.17) is 9.47 Å². The fourth-order valence-corrected chi connectivity index (χ4v) is 6.10. The van der Waals surface area contributed by atoms with Gasteiger partial charge in [-0.1, -0.05) is 90.6 Å². The lowest BCUT2D eigenvalue weighted by Gasteiger charge is -2.36. The average Bonchev–Trinajstić information content (AvgIpc) is 3.51. The second kappa shape index (κ2) is 14.0. The molecule has 6 rings (SSSR count). The van der Waals surface area contributed by atoms with Crippen LogP contribution in [0.5, 0.6) is 0 Å². The number of thioether (sulfide) groups is 1. The summed E-state index contributed by atoms with van der Waals surface area (Å²) in [6, 6.07) is 33.5. The van der Waals surface area contributed by atoms with Gasteiger partial charge in [-0.25, -0.2) is 0 Å². The van der Waals surface area contributed by atoms with Gasteiger partial charge in [-0.15, -0.1) is 10.2 Å². The van der Waals surface area contributed by atoms with E-state index in [-0.39, 0.29) is 24.7 Å². The van der Waals surface area contributed by atoms with Crippen molar-refractivity contribution in [1.29, 1.82) is 0 Å². The highest BCUT2D eigenvalue weighted by Crippen LogP contribution is 2.40. The fourth-order valence-electron chi connectivity index (χ4n) is 5.19. The van der Waals surface area contributed by atoms with E-state index in [0.717, 1.165) is 38.5 Å². The van der Waals surface area contributed by atoms with Crippen LogP contribution in [0.1, 0.15) is 51.4 Å². The predicted octanol–water partition coefficient (Wildman–Crippen LogP) is 6.24. The number of benzene rings is 4. The number of aryl methyl sites for hydroxylation is 1. The summed E-state index contributed by atoms with van der Waals surface area (Å²) in [7, 11) is 1.93. The van der Waals surface area contributed by atoms with Crippen LogP contribution in [0, 0.1) is 0 Å². The molecule has 0 radical (unpaired) electrons. The maximum Gasteiger partial charge on any atom is 0.251 e. The molecule has 8 nitrogen and oxygen atoms in total. The molecule has 0 bridgehead atoms. The minimum atomic E-state index is -0.565. The van der Waals surface area contributed by atoms with Gasteiger partial charge >= 0.3 is 0 Å². The highest BCUT2D eigenvalue weighted by atomic mass is 32.2. The van der Waals surface area contributed by atoms with Crippen LogP contribution in [0.3, 0.4) is 0 Å². The largest absolute Gasteiger partial charge is 0.392 e. The summed E-state index contributed by atoms with van der Waals surface area (Å²) >= 11 is 1.61. The molecule has 224 valence electrons. The summed E-state index contributed by atoms with van der Waals surface area (Å²) in [4.78, 5) is 12.6. The Labute approximate surface area is 261 Å². The number of carbonyl (C=O) groups is 1. The number of aliphatic hydroxyl groups excluding tert-OH is 1. The van der Waals surface area contributed by atoms with Crippen molar-refractivity contribution in [2.75, 3.05) is 5.75 Å². The monoisotopic (exact) mass is 606 g/mol. The van der Waals surface area contributed by atoms with Crippen LogP contribution in [-0.4, -0.2) is 37.6 Å². The van der Waals surface area contributed by atoms with Crippen molar-refractivity contribution in [3.05, 3.63) is 137 Å². The van der Waals surface area contributed by atoms with E-state index in [1.807, 2.05) is 78.3 Å². The summed E-state index contributed by atoms with van der Waals surface area (Å²) in [5, 5.41) is 21.6. The second-order valence-corrected chi connectivity index (χ2v) is 11.7. The van der Waals surface area contributed by atoms with Crippen molar-refractivity contribution in [1.82, 2.24) is 20.1 Å². The van der Waals surface area contributed by atoms with Crippen molar-refractivity contribution in [3.63, 3.8) is 0 Å². The van der Waals surface area contributed by atoms with E-state index in [1.54, 1.807) is 30.2 Å². The highest BCUT2D eigenvalue weighted by Gasteiger charge is 2.32. The molecule has 0 saturated carbocycles. The van der Waals surface area contributed by atoms with Crippen molar-refractivity contribution in [3.8, 4) is 11.1 Å². The number of nitrogens with one attached hydrogen (secondary N) is 1. The lowest BCUT2D eigenvalue weighted by Crippen LogP contribution is -2.31. The first kappa shape index (κ1) is 29.8. The first-order valence-corrected chi connectivity index (χ1v) is 15.5. The molecule has 3 unspecified atom stereocenters. The normalized spacial score (nSPS) is 18.2. The number of aliphatic hydroxyl groups is 1. The zero-order chi connectivity index (χ0) is 30.3. The van der Waals surface area contributed by atoms with E-state index in [1.165, 1.54) is 0 Å². The molecule has 1 amide bonds. The number of rotatable bonds is 10. The van der Waals surface area contributed by atoms with Gasteiger partial charge in [0.05, 0.1) is 18.8 Å². The van der Waals surface area contributed by atoms with Crippen molar-refractivity contribution < 1.29 is 19.4 Å². The Bertz CT molecular complexity index is 1690. The topological polar surface area (TPSA) is 98.5 Å². The molecule has 1 aliphatic rings. The summed E-state index contributed by atoms with van der Waals surface area (Å²) in [6.07, 6.45) is 1.56. The molecule has 3 atom stereocenters. The first-order chi connectivity index (χ1) is 21.6. The van der Waals surface area contributed by atoms with Gasteiger partial charge < -0.3 is 24.5 Å². The van der Waals surface area contributed by atoms with Crippen LogP contribution in [-0.2, 0) is 29.7 Å². The molecule has 9 heteroatoms. The second-order valence-electron chi connectivity index (χ2n) is 10.8. The predicted molar refractivity (Wildman–Crippen MR) is 170 cm³/mol. The maximum atomic E-state index is 12.6. The van der Waals surface area contributed by atoms with E-state index in [9.17, 15) is 9.90 Å².